The minimum atomic E-state index is -0.160. The summed E-state index contributed by atoms with van der Waals surface area (Å²) in [5.41, 5.74) is 2.80. The van der Waals surface area contributed by atoms with E-state index in [1.165, 1.54) is 24.8 Å². The van der Waals surface area contributed by atoms with Crippen molar-refractivity contribution in [3.8, 4) is 11.5 Å². The zero-order chi connectivity index (χ0) is 26.7. The van der Waals surface area contributed by atoms with E-state index in [-0.39, 0.29) is 16.5 Å². The van der Waals surface area contributed by atoms with Gasteiger partial charge < -0.3 is 30.4 Å². The van der Waals surface area contributed by atoms with Gasteiger partial charge in [0.25, 0.3) is 0 Å². The van der Waals surface area contributed by atoms with Crippen molar-refractivity contribution in [2.75, 3.05) is 39.8 Å². The van der Waals surface area contributed by atoms with E-state index in [2.05, 4.69) is 32.7 Å². The van der Waals surface area contributed by atoms with E-state index in [1.54, 1.807) is 13.2 Å². The molecule has 38 heavy (non-hydrogen) atoms. The number of H-pyrrole nitrogens is 1. The average Bonchev–Trinajstić information content (AvgIpc) is 3.35. The molecule has 0 radical (unpaired) electrons. The molecule has 1 amide bonds. The first-order valence-electron chi connectivity index (χ1n) is 13.7. The molecule has 1 fully saturated rings. The standard InChI is InChI=1S/C29H40N4O4S/c1-37-24-10-7-21(8-11-24)13-16-30-18-15-26(35)33(23-5-3-2-4-6-23)20-19-31-17-14-22-9-12-25(34)27-28(22)38-29(36)32-27/h7-12,23,30-31,34H,2-6,13-20H2,1H3,(H,32,36). The highest BCUT2D eigenvalue weighted by Crippen LogP contribution is 2.28. The molecule has 1 aromatic heterocycles. The van der Waals surface area contributed by atoms with E-state index in [0.29, 0.717) is 31.1 Å². The third-order valence-corrected chi connectivity index (χ3v) is 8.30. The molecule has 0 saturated heterocycles. The second-order valence-corrected chi connectivity index (χ2v) is 10.9. The first-order valence-corrected chi connectivity index (χ1v) is 14.5. The van der Waals surface area contributed by atoms with Crippen LogP contribution in [0.3, 0.4) is 0 Å². The van der Waals surface area contributed by atoms with E-state index >= 15 is 0 Å². The molecule has 206 valence electrons. The molecule has 1 heterocycles. The molecule has 0 spiro atoms. The lowest BCUT2D eigenvalue weighted by molar-refractivity contribution is -0.134. The molecular formula is C29H40N4O4S. The third-order valence-electron chi connectivity index (χ3n) is 7.34. The number of hydrogen-bond acceptors (Lipinski definition) is 7. The fourth-order valence-corrected chi connectivity index (χ4v) is 6.11. The zero-order valence-electron chi connectivity index (χ0n) is 22.3. The zero-order valence-corrected chi connectivity index (χ0v) is 23.1. The fourth-order valence-electron chi connectivity index (χ4n) is 5.21. The highest BCUT2D eigenvalue weighted by Gasteiger charge is 2.24. The number of aromatic amines is 1. The van der Waals surface area contributed by atoms with Gasteiger partial charge in [-0.15, -0.1) is 0 Å². The maximum Gasteiger partial charge on any atom is 0.305 e. The molecule has 4 rings (SSSR count). The normalized spacial score (nSPS) is 14.1. The minimum absolute atomic E-state index is 0.104. The van der Waals surface area contributed by atoms with Gasteiger partial charge in [-0.25, -0.2) is 0 Å². The van der Waals surface area contributed by atoms with Crippen molar-refractivity contribution in [2.24, 2.45) is 0 Å². The average molecular weight is 541 g/mol. The van der Waals surface area contributed by atoms with E-state index in [0.717, 1.165) is 72.7 Å². The van der Waals surface area contributed by atoms with Gasteiger partial charge in [0, 0.05) is 32.1 Å². The number of aromatic hydroxyl groups is 1. The maximum atomic E-state index is 13.2. The SMILES string of the molecule is COc1ccc(CCNCCC(=O)N(CCNCCc2ccc(O)c3[nH]c(=O)sc23)C2CCCCC2)cc1. The third kappa shape index (κ3) is 7.82. The summed E-state index contributed by atoms with van der Waals surface area (Å²) >= 11 is 1.13. The quantitative estimate of drug-likeness (QED) is 0.232. The summed E-state index contributed by atoms with van der Waals surface area (Å²) in [5.74, 6) is 1.20. The van der Waals surface area contributed by atoms with Crippen molar-refractivity contribution in [2.45, 2.75) is 57.4 Å². The van der Waals surface area contributed by atoms with Gasteiger partial charge in [-0.2, -0.15) is 0 Å². The van der Waals surface area contributed by atoms with E-state index in [1.807, 2.05) is 18.2 Å². The van der Waals surface area contributed by atoms with Gasteiger partial charge in [0.05, 0.1) is 11.8 Å². The van der Waals surface area contributed by atoms with Crippen LogP contribution in [-0.2, 0) is 17.6 Å². The first-order chi connectivity index (χ1) is 18.5. The molecular weight excluding hydrogens is 500 g/mol. The van der Waals surface area contributed by atoms with Crippen LogP contribution in [0.2, 0.25) is 0 Å². The van der Waals surface area contributed by atoms with Crippen LogP contribution in [-0.4, -0.2) is 66.8 Å². The molecule has 0 unspecified atom stereocenters. The number of phenolic OH excluding ortho intramolecular Hbond substituents is 1. The Labute approximate surface area is 228 Å². The number of fused-ring (bicyclic) bond motifs is 1. The van der Waals surface area contributed by atoms with Gasteiger partial charge in [0.2, 0.25) is 5.91 Å². The molecule has 1 saturated carbocycles. The Morgan fingerprint density at radius 2 is 1.76 bits per heavy atom. The predicted octanol–water partition coefficient (Wildman–Crippen LogP) is 3.82. The maximum absolute atomic E-state index is 13.2. The largest absolute Gasteiger partial charge is 0.506 e. The molecule has 0 bridgehead atoms. The number of nitrogens with one attached hydrogen (secondary N) is 3. The van der Waals surface area contributed by atoms with Crippen LogP contribution < -0.4 is 20.2 Å². The second kappa shape index (κ2) is 14.3. The number of phenols is 1. The van der Waals surface area contributed by atoms with Gasteiger partial charge in [0.15, 0.2) is 0 Å². The highest BCUT2D eigenvalue weighted by atomic mass is 32.1. The number of aromatic nitrogens is 1. The van der Waals surface area contributed by atoms with Gasteiger partial charge in [-0.1, -0.05) is 48.8 Å². The van der Waals surface area contributed by atoms with Crippen LogP contribution in [0.25, 0.3) is 10.2 Å². The number of benzene rings is 2. The molecule has 8 nitrogen and oxygen atoms in total. The van der Waals surface area contributed by atoms with Gasteiger partial charge >= 0.3 is 4.87 Å². The van der Waals surface area contributed by atoms with Crippen LogP contribution in [0, 0.1) is 0 Å². The monoisotopic (exact) mass is 540 g/mol. The Kier molecular flexibility index (Phi) is 10.6. The lowest BCUT2D eigenvalue weighted by Gasteiger charge is -2.34. The molecule has 2 aromatic carbocycles. The summed E-state index contributed by atoms with van der Waals surface area (Å²) < 4.78 is 6.03. The second-order valence-electron chi connectivity index (χ2n) is 9.94. The summed E-state index contributed by atoms with van der Waals surface area (Å²) in [7, 11) is 1.67. The van der Waals surface area contributed by atoms with Crippen molar-refractivity contribution < 1.29 is 14.6 Å². The molecule has 3 aromatic rings. The topological polar surface area (TPSA) is 107 Å². The summed E-state index contributed by atoms with van der Waals surface area (Å²) in [6, 6.07) is 12.0. The molecule has 0 atom stereocenters. The smallest absolute Gasteiger partial charge is 0.305 e. The van der Waals surface area contributed by atoms with Crippen molar-refractivity contribution in [3.05, 3.63) is 57.2 Å². The van der Waals surface area contributed by atoms with Crippen LogP contribution in [0.4, 0.5) is 0 Å². The summed E-state index contributed by atoms with van der Waals surface area (Å²) in [4.78, 5) is 29.6. The van der Waals surface area contributed by atoms with Gasteiger partial charge in [-0.3, -0.25) is 9.59 Å². The number of methoxy groups -OCH3 is 1. The first kappa shape index (κ1) is 28.1. The van der Waals surface area contributed by atoms with Crippen LogP contribution >= 0.6 is 11.3 Å². The van der Waals surface area contributed by atoms with E-state index < -0.39 is 0 Å². The van der Waals surface area contributed by atoms with Crippen LogP contribution in [0.5, 0.6) is 11.5 Å². The van der Waals surface area contributed by atoms with Crippen molar-refractivity contribution in [3.63, 3.8) is 0 Å². The number of ether oxygens (including phenoxy) is 1. The Morgan fingerprint density at radius 3 is 2.53 bits per heavy atom. The molecule has 0 aliphatic heterocycles. The number of amides is 1. The summed E-state index contributed by atoms with van der Waals surface area (Å²) in [6.45, 7) is 3.70. The number of carbonyl (C=O) groups excluding carboxylic acids is 1. The summed E-state index contributed by atoms with van der Waals surface area (Å²) in [5, 5.41) is 16.9. The highest BCUT2D eigenvalue weighted by molar-refractivity contribution is 7.16. The van der Waals surface area contributed by atoms with Crippen LogP contribution in [0.1, 0.15) is 49.7 Å². The molecule has 9 heteroatoms. The Morgan fingerprint density at radius 1 is 1.03 bits per heavy atom. The predicted molar refractivity (Wildman–Crippen MR) is 153 cm³/mol. The van der Waals surface area contributed by atoms with Gasteiger partial charge in [0.1, 0.15) is 17.0 Å². The summed E-state index contributed by atoms with van der Waals surface area (Å²) in [6.07, 6.45) is 8.01. The molecule has 1 aliphatic carbocycles. The number of thiazole rings is 1. The minimum Gasteiger partial charge on any atom is -0.506 e. The molecule has 1 aliphatic rings. The lowest BCUT2D eigenvalue weighted by Crippen LogP contribution is -2.45. The Bertz CT molecular complexity index is 1220. The van der Waals surface area contributed by atoms with Crippen LogP contribution in [0.15, 0.2) is 41.2 Å². The molecule has 4 N–H and O–H groups in total. The Balaban J connectivity index is 1.21. The van der Waals surface area contributed by atoms with Gasteiger partial charge in [-0.05, 0) is 68.1 Å². The number of nitrogens with zero attached hydrogens (tertiary/aromatic N) is 1. The Hall–Kier alpha value is -2.88. The number of rotatable bonds is 14. The van der Waals surface area contributed by atoms with E-state index in [9.17, 15) is 14.7 Å². The van der Waals surface area contributed by atoms with Crippen molar-refractivity contribution >= 4 is 27.5 Å². The number of carbonyl (C=O) groups is 1. The van der Waals surface area contributed by atoms with E-state index in [4.69, 9.17) is 4.74 Å². The number of hydrogen-bond donors (Lipinski definition) is 4. The lowest BCUT2D eigenvalue weighted by atomic mass is 9.94. The fraction of sp³-hybridized carbons (Fsp3) is 0.517. The van der Waals surface area contributed by atoms with Crippen molar-refractivity contribution in [1.82, 2.24) is 20.5 Å². The van der Waals surface area contributed by atoms with Crippen molar-refractivity contribution in [1.29, 1.82) is 0 Å².